The number of amides is 1. The van der Waals surface area contributed by atoms with Crippen LogP contribution < -0.4 is 5.32 Å². The van der Waals surface area contributed by atoms with Gasteiger partial charge in [0.25, 0.3) is 5.91 Å². The largest absolute Gasteiger partial charge is 0.469 e. The zero-order chi connectivity index (χ0) is 13.9. The van der Waals surface area contributed by atoms with E-state index in [-0.39, 0.29) is 5.91 Å². The van der Waals surface area contributed by atoms with Gasteiger partial charge in [-0.25, -0.2) is 0 Å². The van der Waals surface area contributed by atoms with Gasteiger partial charge in [-0.15, -0.1) is 0 Å². The molecule has 0 bridgehead atoms. The Morgan fingerprint density at radius 3 is 2.74 bits per heavy atom. The minimum atomic E-state index is -0.700. The van der Waals surface area contributed by atoms with E-state index in [1.54, 1.807) is 13.0 Å². The van der Waals surface area contributed by atoms with E-state index in [0.717, 1.165) is 32.1 Å². The van der Waals surface area contributed by atoms with Gasteiger partial charge >= 0.3 is 0 Å². The van der Waals surface area contributed by atoms with Crippen molar-refractivity contribution in [1.82, 2.24) is 5.32 Å². The Morgan fingerprint density at radius 1 is 1.58 bits per heavy atom. The van der Waals surface area contributed by atoms with Crippen LogP contribution in [0, 0.1) is 24.2 Å². The van der Waals surface area contributed by atoms with E-state index >= 15 is 0 Å². The van der Waals surface area contributed by atoms with Gasteiger partial charge in [-0.1, -0.05) is 13.3 Å². The van der Waals surface area contributed by atoms with Gasteiger partial charge in [0.2, 0.25) is 0 Å². The maximum absolute atomic E-state index is 12.1. The van der Waals surface area contributed by atoms with Gasteiger partial charge in [0.15, 0.2) is 0 Å². The van der Waals surface area contributed by atoms with Gasteiger partial charge in [0.05, 0.1) is 11.6 Å². The fourth-order valence-corrected chi connectivity index (χ4v) is 2.70. The van der Waals surface area contributed by atoms with Crippen molar-refractivity contribution in [2.45, 2.75) is 51.5 Å². The number of nitriles is 1. The summed E-state index contributed by atoms with van der Waals surface area (Å²) >= 11 is 0. The molecular formula is C15H20N2O2. The first kappa shape index (κ1) is 13.7. The Hall–Kier alpha value is -1.76. The second-order valence-electron chi connectivity index (χ2n) is 5.45. The van der Waals surface area contributed by atoms with Crippen molar-refractivity contribution >= 4 is 5.91 Å². The van der Waals surface area contributed by atoms with Gasteiger partial charge in [-0.2, -0.15) is 5.26 Å². The third kappa shape index (κ3) is 2.98. The average Bonchev–Trinajstić information content (AvgIpc) is 2.86. The number of hydrogen-bond donors (Lipinski definition) is 1. The normalized spacial score (nSPS) is 26.7. The zero-order valence-electron chi connectivity index (χ0n) is 11.5. The number of rotatable bonds is 3. The molecule has 0 atom stereocenters. The first-order valence-electron chi connectivity index (χ1n) is 6.87. The summed E-state index contributed by atoms with van der Waals surface area (Å²) in [6.07, 6.45) is 6.09. The van der Waals surface area contributed by atoms with E-state index in [1.165, 1.54) is 6.26 Å². The van der Waals surface area contributed by atoms with Crippen molar-refractivity contribution in [3.05, 3.63) is 23.7 Å². The monoisotopic (exact) mass is 260 g/mol. The van der Waals surface area contributed by atoms with Gasteiger partial charge in [-0.05, 0) is 44.6 Å². The maximum Gasteiger partial charge on any atom is 0.255 e. The molecule has 1 aromatic rings. The SMILES string of the molecule is CCC1CCC(C#N)(NC(=O)c2coc(C)c2)CC1. The highest BCUT2D eigenvalue weighted by Gasteiger charge is 2.36. The van der Waals surface area contributed by atoms with Crippen molar-refractivity contribution in [3.8, 4) is 6.07 Å². The molecule has 1 amide bonds. The van der Waals surface area contributed by atoms with E-state index in [2.05, 4.69) is 18.3 Å². The first-order chi connectivity index (χ1) is 9.08. The van der Waals surface area contributed by atoms with Gasteiger partial charge in [-0.3, -0.25) is 4.79 Å². The van der Waals surface area contributed by atoms with E-state index < -0.39 is 5.54 Å². The van der Waals surface area contributed by atoms with Gasteiger partial charge < -0.3 is 9.73 Å². The van der Waals surface area contributed by atoms with E-state index in [9.17, 15) is 10.1 Å². The fraction of sp³-hybridized carbons (Fsp3) is 0.600. The molecule has 19 heavy (non-hydrogen) atoms. The lowest BCUT2D eigenvalue weighted by atomic mass is 9.76. The molecule has 1 aliphatic carbocycles. The standard InChI is InChI=1S/C15H20N2O2/c1-3-12-4-6-15(10-16,7-5-12)17-14(18)13-8-11(2)19-9-13/h8-9,12H,3-7H2,1-2H3,(H,17,18). The van der Waals surface area contributed by atoms with Crippen LogP contribution in [0.3, 0.4) is 0 Å². The lowest BCUT2D eigenvalue weighted by molar-refractivity contribution is 0.0890. The highest BCUT2D eigenvalue weighted by atomic mass is 16.3. The number of carbonyl (C=O) groups is 1. The van der Waals surface area contributed by atoms with Crippen molar-refractivity contribution in [2.24, 2.45) is 5.92 Å². The summed E-state index contributed by atoms with van der Waals surface area (Å²) in [7, 11) is 0. The number of nitrogens with one attached hydrogen (secondary N) is 1. The zero-order valence-corrected chi connectivity index (χ0v) is 11.5. The van der Waals surface area contributed by atoms with Crippen molar-refractivity contribution in [2.75, 3.05) is 0 Å². The quantitative estimate of drug-likeness (QED) is 0.907. The smallest absolute Gasteiger partial charge is 0.255 e. The van der Waals surface area contributed by atoms with Crippen LogP contribution in [0.15, 0.2) is 16.7 Å². The van der Waals surface area contributed by atoms with Crippen LogP contribution in [0.4, 0.5) is 0 Å². The van der Waals surface area contributed by atoms with E-state index in [0.29, 0.717) is 17.2 Å². The molecule has 1 N–H and O–H groups in total. The topological polar surface area (TPSA) is 66.0 Å². The third-order valence-corrected chi connectivity index (χ3v) is 4.10. The molecule has 1 fully saturated rings. The Kier molecular flexibility index (Phi) is 3.94. The Balaban J connectivity index is 2.04. The minimum Gasteiger partial charge on any atom is -0.469 e. The van der Waals surface area contributed by atoms with Crippen LogP contribution in [-0.2, 0) is 0 Å². The molecular weight excluding hydrogens is 240 g/mol. The molecule has 0 aliphatic heterocycles. The first-order valence-corrected chi connectivity index (χ1v) is 6.87. The molecule has 1 aliphatic rings. The Morgan fingerprint density at radius 2 is 2.26 bits per heavy atom. The van der Waals surface area contributed by atoms with Crippen LogP contribution in [0.2, 0.25) is 0 Å². The molecule has 0 aromatic carbocycles. The highest BCUT2D eigenvalue weighted by Crippen LogP contribution is 2.33. The molecule has 0 radical (unpaired) electrons. The molecule has 1 heterocycles. The van der Waals surface area contributed by atoms with Crippen LogP contribution in [0.25, 0.3) is 0 Å². The highest BCUT2D eigenvalue weighted by molar-refractivity contribution is 5.94. The predicted molar refractivity (Wildman–Crippen MR) is 71.5 cm³/mol. The predicted octanol–water partition coefficient (Wildman–Crippen LogP) is 3.18. The van der Waals surface area contributed by atoms with Crippen LogP contribution in [0.1, 0.15) is 55.1 Å². The maximum atomic E-state index is 12.1. The summed E-state index contributed by atoms with van der Waals surface area (Å²) in [5, 5.41) is 12.3. The molecule has 102 valence electrons. The second-order valence-corrected chi connectivity index (χ2v) is 5.45. The molecule has 0 unspecified atom stereocenters. The molecule has 4 heteroatoms. The third-order valence-electron chi connectivity index (χ3n) is 4.10. The summed E-state index contributed by atoms with van der Waals surface area (Å²) < 4.78 is 5.13. The van der Waals surface area contributed by atoms with Gasteiger partial charge in [0.1, 0.15) is 17.6 Å². The van der Waals surface area contributed by atoms with Crippen molar-refractivity contribution in [1.29, 1.82) is 5.26 Å². The second kappa shape index (κ2) is 5.48. The summed E-state index contributed by atoms with van der Waals surface area (Å²) in [6.45, 7) is 3.97. The van der Waals surface area contributed by atoms with Gasteiger partial charge in [0, 0.05) is 0 Å². The number of hydrogen-bond acceptors (Lipinski definition) is 3. The molecule has 0 spiro atoms. The molecule has 4 nitrogen and oxygen atoms in total. The number of nitrogens with zero attached hydrogens (tertiary/aromatic N) is 1. The summed E-state index contributed by atoms with van der Waals surface area (Å²) in [5.41, 5.74) is -0.210. The van der Waals surface area contributed by atoms with Crippen LogP contribution in [0.5, 0.6) is 0 Å². The van der Waals surface area contributed by atoms with Crippen molar-refractivity contribution < 1.29 is 9.21 Å². The molecule has 1 aromatic heterocycles. The molecule has 1 saturated carbocycles. The number of aryl methyl sites for hydroxylation is 1. The van der Waals surface area contributed by atoms with Crippen molar-refractivity contribution in [3.63, 3.8) is 0 Å². The molecule has 0 saturated heterocycles. The van der Waals surface area contributed by atoms with E-state index in [4.69, 9.17) is 4.42 Å². The molecule has 2 rings (SSSR count). The Bertz CT molecular complexity index is 490. The fourth-order valence-electron chi connectivity index (χ4n) is 2.70. The summed E-state index contributed by atoms with van der Waals surface area (Å²) in [4.78, 5) is 12.1. The Labute approximate surface area is 113 Å². The van der Waals surface area contributed by atoms with E-state index in [1.807, 2.05) is 0 Å². The summed E-state index contributed by atoms with van der Waals surface area (Å²) in [6, 6.07) is 4.00. The van der Waals surface area contributed by atoms with Crippen LogP contribution in [-0.4, -0.2) is 11.4 Å². The number of furan rings is 1. The minimum absolute atomic E-state index is 0.214. The van der Waals surface area contributed by atoms with Crippen LogP contribution >= 0.6 is 0 Å². The average molecular weight is 260 g/mol. The lowest BCUT2D eigenvalue weighted by Crippen LogP contribution is -2.49. The lowest BCUT2D eigenvalue weighted by Gasteiger charge is -2.35. The summed E-state index contributed by atoms with van der Waals surface area (Å²) in [5.74, 6) is 1.17. The number of carbonyl (C=O) groups excluding carboxylic acids is 1.